The highest BCUT2D eigenvalue weighted by Crippen LogP contribution is 2.39. The Morgan fingerprint density at radius 1 is 0.719 bits per heavy atom. The fraction of sp³-hybridized carbons (Fsp3) is 0.857. The first kappa shape index (κ1) is 24.8. The number of nitrogen functional groups attached to an aromatic ring is 1. The molecule has 0 aromatic carbocycles. The quantitative estimate of drug-likeness (QED) is 0.386. The van der Waals surface area contributed by atoms with E-state index in [0.717, 1.165) is 0 Å². The molecular weight excluding hydrogens is 414 g/mol. The molecule has 0 bridgehead atoms. The van der Waals surface area contributed by atoms with Gasteiger partial charge in [-0.15, -0.1) is 4.98 Å². The van der Waals surface area contributed by atoms with Gasteiger partial charge in [-0.3, -0.25) is 5.43 Å². The van der Waals surface area contributed by atoms with E-state index < -0.39 is 22.2 Å². The molecule has 11 heteroatoms. The summed E-state index contributed by atoms with van der Waals surface area (Å²) < 4.78 is 12.2. The second-order valence-electron chi connectivity index (χ2n) is 11.5. The predicted octanol–water partition coefficient (Wildman–Crippen LogP) is 2.74. The SMILES string of the molecule is CC1(C)CC(Oc2nc(NN)nc(OC3CC(C)(C)N(O)C(C)(C)C3)n2)CC(C)(C)N1O. The number of nitrogens with two attached hydrogens (primary N) is 1. The normalized spacial score (nSPS) is 26.0. The Balaban J connectivity index is 1.79. The zero-order valence-electron chi connectivity index (χ0n) is 20.5. The van der Waals surface area contributed by atoms with Crippen molar-refractivity contribution in [3.63, 3.8) is 0 Å². The van der Waals surface area contributed by atoms with Crippen LogP contribution in [-0.2, 0) is 0 Å². The Bertz CT molecular complexity index is 732. The molecule has 2 aliphatic rings. The van der Waals surface area contributed by atoms with Crippen LogP contribution in [0.4, 0.5) is 5.95 Å². The molecule has 1 aromatic rings. The molecule has 2 saturated heterocycles. The van der Waals surface area contributed by atoms with E-state index in [-0.39, 0.29) is 30.2 Å². The molecular formula is C21H39N7O4. The summed E-state index contributed by atoms with van der Waals surface area (Å²) in [7, 11) is 0. The number of aromatic nitrogens is 3. The number of piperidine rings is 2. The minimum absolute atomic E-state index is 0.115. The van der Waals surface area contributed by atoms with Gasteiger partial charge in [0.2, 0.25) is 5.95 Å². The Morgan fingerprint density at radius 2 is 1.03 bits per heavy atom. The van der Waals surface area contributed by atoms with Crippen molar-refractivity contribution in [3.8, 4) is 12.0 Å². The topological polar surface area (TPSA) is 142 Å². The lowest BCUT2D eigenvalue weighted by molar-refractivity contribution is -0.255. The summed E-state index contributed by atoms with van der Waals surface area (Å²) in [5.74, 6) is 5.71. The van der Waals surface area contributed by atoms with Crippen molar-refractivity contribution >= 4 is 5.95 Å². The molecule has 0 radical (unpaired) electrons. The lowest BCUT2D eigenvalue weighted by Crippen LogP contribution is -2.61. The van der Waals surface area contributed by atoms with Crippen LogP contribution in [-0.4, -0.2) is 69.9 Å². The van der Waals surface area contributed by atoms with Gasteiger partial charge in [-0.25, -0.2) is 5.84 Å². The third kappa shape index (κ3) is 5.07. The summed E-state index contributed by atoms with van der Waals surface area (Å²) in [5, 5.41) is 23.8. The third-order valence-electron chi connectivity index (χ3n) is 6.47. The molecule has 2 fully saturated rings. The van der Waals surface area contributed by atoms with Gasteiger partial charge in [-0.2, -0.15) is 20.1 Å². The largest absolute Gasteiger partial charge is 0.460 e. The van der Waals surface area contributed by atoms with Crippen molar-refractivity contribution in [1.29, 1.82) is 0 Å². The lowest BCUT2D eigenvalue weighted by Gasteiger charge is -2.51. The highest BCUT2D eigenvalue weighted by molar-refractivity contribution is 5.25. The van der Waals surface area contributed by atoms with Crippen LogP contribution in [0, 0.1) is 0 Å². The van der Waals surface area contributed by atoms with Crippen LogP contribution in [0.25, 0.3) is 0 Å². The lowest BCUT2D eigenvalue weighted by atomic mass is 9.80. The van der Waals surface area contributed by atoms with Gasteiger partial charge >= 0.3 is 12.0 Å². The standard InChI is InChI=1S/C21H39N7O4/c1-18(2)9-13(10-19(3,4)27(18)29)31-16-23-15(26-22)24-17(25-16)32-14-11-20(5,6)28(30)21(7,8)12-14/h13-14,29-30H,9-12,22H2,1-8H3,(H,23,24,25,26). The van der Waals surface area contributed by atoms with Gasteiger partial charge in [0.1, 0.15) is 12.2 Å². The van der Waals surface area contributed by atoms with E-state index in [1.165, 1.54) is 10.1 Å². The van der Waals surface area contributed by atoms with Crippen LogP contribution in [0.3, 0.4) is 0 Å². The fourth-order valence-electron chi connectivity index (χ4n) is 5.33. The number of rotatable bonds is 5. The number of hydrogen-bond acceptors (Lipinski definition) is 11. The summed E-state index contributed by atoms with van der Waals surface area (Å²) in [6.07, 6.45) is 1.96. The summed E-state index contributed by atoms with van der Waals surface area (Å²) >= 11 is 0. The van der Waals surface area contributed by atoms with Gasteiger partial charge in [0, 0.05) is 47.8 Å². The summed E-state index contributed by atoms with van der Waals surface area (Å²) in [6, 6.07) is 0.230. The average molecular weight is 454 g/mol. The highest BCUT2D eigenvalue weighted by atomic mass is 16.5. The Labute approximate surface area is 190 Å². The van der Waals surface area contributed by atoms with Crippen LogP contribution in [0.1, 0.15) is 81.1 Å². The molecule has 0 saturated carbocycles. The Hall–Kier alpha value is -1.79. The number of hydroxylamine groups is 4. The first-order valence-electron chi connectivity index (χ1n) is 11.1. The maximum Gasteiger partial charge on any atom is 0.324 e. The van der Waals surface area contributed by atoms with Crippen LogP contribution < -0.4 is 20.7 Å². The third-order valence-corrected chi connectivity index (χ3v) is 6.47. The van der Waals surface area contributed by atoms with Crippen molar-refractivity contribution in [2.75, 3.05) is 5.43 Å². The minimum Gasteiger partial charge on any atom is -0.460 e. The van der Waals surface area contributed by atoms with Crippen LogP contribution in [0.15, 0.2) is 0 Å². The highest BCUT2D eigenvalue weighted by Gasteiger charge is 2.47. The van der Waals surface area contributed by atoms with Crippen LogP contribution >= 0.6 is 0 Å². The molecule has 0 aliphatic carbocycles. The van der Waals surface area contributed by atoms with Crippen molar-refractivity contribution < 1.29 is 19.9 Å². The van der Waals surface area contributed by atoms with E-state index in [1.807, 2.05) is 55.4 Å². The number of nitrogens with one attached hydrogen (secondary N) is 1. The van der Waals surface area contributed by atoms with E-state index in [0.29, 0.717) is 25.7 Å². The second-order valence-corrected chi connectivity index (χ2v) is 11.5. The zero-order valence-corrected chi connectivity index (χ0v) is 20.5. The van der Waals surface area contributed by atoms with Crippen LogP contribution in [0.5, 0.6) is 12.0 Å². The number of anilines is 1. The number of hydrazine groups is 1. The first-order valence-corrected chi connectivity index (χ1v) is 11.1. The minimum atomic E-state index is -0.469. The molecule has 0 unspecified atom stereocenters. The van der Waals surface area contributed by atoms with Crippen molar-refractivity contribution in [2.45, 2.75) is 115 Å². The fourth-order valence-corrected chi connectivity index (χ4v) is 5.33. The number of nitrogens with zero attached hydrogens (tertiary/aromatic N) is 5. The molecule has 0 amide bonds. The summed E-state index contributed by atoms with van der Waals surface area (Å²) in [5.41, 5.74) is 0.566. The van der Waals surface area contributed by atoms with Gasteiger partial charge in [0.25, 0.3) is 0 Å². The summed E-state index contributed by atoms with van der Waals surface area (Å²) in [4.78, 5) is 12.9. The molecule has 32 heavy (non-hydrogen) atoms. The smallest absolute Gasteiger partial charge is 0.324 e. The van der Waals surface area contributed by atoms with Gasteiger partial charge in [-0.05, 0) is 55.4 Å². The molecule has 3 rings (SSSR count). The van der Waals surface area contributed by atoms with E-state index in [2.05, 4.69) is 20.4 Å². The van der Waals surface area contributed by atoms with Gasteiger partial charge in [0.05, 0.1) is 0 Å². The number of ether oxygens (including phenoxy) is 2. The average Bonchev–Trinajstić information content (AvgIpc) is 2.63. The molecule has 182 valence electrons. The van der Waals surface area contributed by atoms with Gasteiger partial charge in [0.15, 0.2) is 0 Å². The van der Waals surface area contributed by atoms with E-state index >= 15 is 0 Å². The molecule has 11 nitrogen and oxygen atoms in total. The number of hydrogen-bond donors (Lipinski definition) is 4. The van der Waals surface area contributed by atoms with E-state index in [9.17, 15) is 10.4 Å². The maximum absolute atomic E-state index is 10.5. The van der Waals surface area contributed by atoms with Crippen LogP contribution in [0.2, 0.25) is 0 Å². The predicted molar refractivity (Wildman–Crippen MR) is 119 cm³/mol. The Kier molecular flexibility index (Phi) is 6.37. The van der Waals surface area contributed by atoms with Crippen molar-refractivity contribution in [2.24, 2.45) is 5.84 Å². The second kappa shape index (κ2) is 8.21. The van der Waals surface area contributed by atoms with E-state index in [1.54, 1.807) is 0 Å². The molecule has 2 aliphatic heterocycles. The van der Waals surface area contributed by atoms with Gasteiger partial charge in [-0.1, -0.05) is 0 Å². The van der Waals surface area contributed by atoms with E-state index in [4.69, 9.17) is 15.3 Å². The van der Waals surface area contributed by atoms with Crippen molar-refractivity contribution in [3.05, 3.63) is 0 Å². The first-order chi connectivity index (χ1) is 14.6. The molecule has 5 N–H and O–H groups in total. The monoisotopic (exact) mass is 453 g/mol. The molecule has 0 atom stereocenters. The molecule has 3 heterocycles. The van der Waals surface area contributed by atoms with Crippen molar-refractivity contribution in [1.82, 2.24) is 25.1 Å². The zero-order chi connectivity index (χ0) is 24.1. The van der Waals surface area contributed by atoms with Gasteiger partial charge < -0.3 is 19.9 Å². The Morgan fingerprint density at radius 3 is 1.31 bits per heavy atom. The molecule has 0 spiro atoms. The molecule has 1 aromatic heterocycles. The maximum atomic E-state index is 10.5. The summed E-state index contributed by atoms with van der Waals surface area (Å²) in [6.45, 7) is 15.7.